The van der Waals surface area contributed by atoms with Gasteiger partial charge in [-0.15, -0.1) is 0 Å². The molecule has 0 spiro atoms. The van der Waals surface area contributed by atoms with Crippen molar-refractivity contribution in [2.45, 2.75) is 6.92 Å². The summed E-state index contributed by atoms with van der Waals surface area (Å²) in [7, 11) is 0. The van der Waals surface area contributed by atoms with Gasteiger partial charge in [0.1, 0.15) is 11.5 Å². The Morgan fingerprint density at radius 2 is 2.04 bits per heavy atom. The molecule has 3 rings (SSSR count). The van der Waals surface area contributed by atoms with Crippen molar-refractivity contribution >= 4 is 58.2 Å². The third kappa shape index (κ3) is 5.19. The van der Waals surface area contributed by atoms with Crippen LogP contribution >= 0.6 is 35.4 Å². The van der Waals surface area contributed by atoms with E-state index in [2.05, 4.69) is 15.6 Å². The Bertz CT molecular complexity index is 1060. The fraction of sp³-hybridized carbons (Fsp3) is 0.0500. The largest absolute Gasteiger partial charge is 0.457 e. The summed E-state index contributed by atoms with van der Waals surface area (Å²) in [6, 6.07) is 12.7. The number of rotatable bonds is 4. The van der Waals surface area contributed by atoms with E-state index in [1.165, 1.54) is 6.08 Å². The Balaban J connectivity index is 1.60. The van der Waals surface area contributed by atoms with Gasteiger partial charge in [0.15, 0.2) is 10.3 Å². The summed E-state index contributed by atoms with van der Waals surface area (Å²) in [6.07, 6.45) is 4.43. The Labute approximate surface area is 177 Å². The summed E-state index contributed by atoms with van der Waals surface area (Å²) in [5.74, 6) is 0.773. The molecule has 2 aromatic heterocycles. The number of nitrogens with one attached hydrogen (secondary N) is 2. The lowest BCUT2D eigenvalue weighted by Gasteiger charge is -2.08. The molecular weight excluding hydrogens is 417 g/mol. The van der Waals surface area contributed by atoms with E-state index in [1.54, 1.807) is 30.5 Å². The molecule has 0 atom stereocenters. The van der Waals surface area contributed by atoms with Crippen LogP contribution in [0.3, 0.4) is 0 Å². The molecule has 142 valence electrons. The standard InChI is InChI=1S/C20H15Cl2N3O2S/c1-12-4-5-13(11-15(12)21)17-8-6-14(27-17)7-9-18(26)25-20(28)24-16-3-2-10-23-19(16)22/h2-11H,1H3,(H2,24,25,26,28)/b9-7+. The van der Waals surface area contributed by atoms with Crippen LogP contribution in [0.4, 0.5) is 5.69 Å². The van der Waals surface area contributed by atoms with Gasteiger partial charge in [-0.3, -0.25) is 10.1 Å². The van der Waals surface area contributed by atoms with Crippen molar-refractivity contribution in [3.63, 3.8) is 0 Å². The molecule has 0 aliphatic carbocycles. The fourth-order valence-electron chi connectivity index (χ4n) is 2.29. The van der Waals surface area contributed by atoms with Gasteiger partial charge in [-0.1, -0.05) is 35.3 Å². The highest BCUT2D eigenvalue weighted by molar-refractivity contribution is 7.80. The maximum absolute atomic E-state index is 12.0. The molecule has 8 heteroatoms. The van der Waals surface area contributed by atoms with Crippen LogP contribution in [0.25, 0.3) is 17.4 Å². The van der Waals surface area contributed by atoms with Gasteiger partial charge in [-0.25, -0.2) is 4.98 Å². The third-order valence-electron chi connectivity index (χ3n) is 3.73. The van der Waals surface area contributed by atoms with E-state index in [1.807, 2.05) is 31.2 Å². The number of anilines is 1. The Morgan fingerprint density at radius 1 is 1.21 bits per heavy atom. The Morgan fingerprint density at radius 3 is 2.79 bits per heavy atom. The number of carbonyl (C=O) groups is 1. The van der Waals surface area contributed by atoms with Crippen LogP contribution in [0.5, 0.6) is 0 Å². The molecule has 0 bridgehead atoms. The van der Waals surface area contributed by atoms with Crippen molar-refractivity contribution in [3.8, 4) is 11.3 Å². The molecule has 1 amide bonds. The predicted octanol–water partition coefficient (Wildman–Crippen LogP) is 5.48. The van der Waals surface area contributed by atoms with Crippen molar-refractivity contribution in [2.75, 3.05) is 5.32 Å². The lowest BCUT2D eigenvalue weighted by Crippen LogP contribution is -2.32. The minimum atomic E-state index is -0.408. The number of pyridine rings is 1. The maximum Gasteiger partial charge on any atom is 0.250 e. The quantitative estimate of drug-likeness (QED) is 0.325. The molecule has 1 aromatic carbocycles. The van der Waals surface area contributed by atoms with Gasteiger partial charge < -0.3 is 9.73 Å². The van der Waals surface area contributed by atoms with Crippen LogP contribution in [-0.2, 0) is 4.79 Å². The molecule has 3 aromatic rings. The van der Waals surface area contributed by atoms with E-state index in [4.69, 9.17) is 39.8 Å². The van der Waals surface area contributed by atoms with Gasteiger partial charge in [-0.2, -0.15) is 0 Å². The summed E-state index contributed by atoms with van der Waals surface area (Å²) >= 11 is 17.2. The first-order chi connectivity index (χ1) is 13.4. The summed E-state index contributed by atoms with van der Waals surface area (Å²) < 4.78 is 5.73. The first-order valence-electron chi connectivity index (χ1n) is 8.19. The number of aryl methyl sites for hydroxylation is 1. The summed E-state index contributed by atoms with van der Waals surface area (Å²) in [4.78, 5) is 15.9. The molecule has 0 fully saturated rings. The van der Waals surface area contributed by atoms with Crippen molar-refractivity contribution in [1.82, 2.24) is 10.3 Å². The number of thiocarbonyl (C=S) groups is 1. The molecule has 2 N–H and O–H groups in total. The normalized spacial score (nSPS) is 10.8. The first kappa shape index (κ1) is 20.1. The number of amides is 1. The number of aromatic nitrogens is 1. The van der Waals surface area contributed by atoms with Gasteiger partial charge in [0.05, 0.1) is 5.69 Å². The van der Waals surface area contributed by atoms with Crippen LogP contribution in [0.15, 0.2) is 59.2 Å². The van der Waals surface area contributed by atoms with Gasteiger partial charge >= 0.3 is 0 Å². The van der Waals surface area contributed by atoms with Gasteiger partial charge in [0.2, 0.25) is 5.91 Å². The van der Waals surface area contributed by atoms with E-state index < -0.39 is 5.91 Å². The molecule has 0 radical (unpaired) electrons. The minimum absolute atomic E-state index is 0.110. The number of halogens is 2. The Kier molecular flexibility index (Phi) is 6.46. The predicted molar refractivity (Wildman–Crippen MR) is 117 cm³/mol. The van der Waals surface area contributed by atoms with E-state index in [0.29, 0.717) is 22.2 Å². The molecule has 28 heavy (non-hydrogen) atoms. The molecule has 0 aliphatic heterocycles. The van der Waals surface area contributed by atoms with E-state index in [0.717, 1.165) is 11.1 Å². The highest BCUT2D eigenvalue weighted by atomic mass is 35.5. The second-order valence-corrected chi connectivity index (χ2v) is 6.96. The number of hydrogen-bond acceptors (Lipinski definition) is 4. The lowest BCUT2D eigenvalue weighted by atomic mass is 10.1. The highest BCUT2D eigenvalue weighted by Crippen LogP contribution is 2.27. The maximum atomic E-state index is 12.0. The monoisotopic (exact) mass is 431 g/mol. The topological polar surface area (TPSA) is 67.2 Å². The van der Waals surface area contributed by atoms with E-state index in [9.17, 15) is 4.79 Å². The van der Waals surface area contributed by atoms with Crippen LogP contribution in [0.1, 0.15) is 11.3 Å². The second kappa shape index (κ2) is 9.01. The Hall–Kier alpha value is -2.67. The summed E-state index contributed by atoms with van der Waals surface area (Å²) in [6.45, 7) is 1.93. The van der Waals surface area contributed by atoms with Crippen molar-refractivity contribution in [3.05, 3.63) is 76.2 Å². The molecule has 5 nitrogen and oxygen atoms in total. The average Bonchev–Trinajstić information content (AvgIpc) is 3.13. The highest BCUT2D eigenvalue weighted by Gasteiger charge is 2.07. The molecule has 0 unspecified atom stereocenters. The van der Waals surface area contributed by atoms with Gasteiger partial charge in [0, 0.05) is 22.9 Å². The molecule has 0 aliphatic rings. The zero-order valence-corrected chi connectivity index (χ0v) is 17.0. The second-order valence-electron chi connectivity index (χ2n) is 5.78. The number of carbonyl (C=O) groups excluding carboxylic acids is 1. The van der Waals surface area contributed by atoms with Crippen molar-refractivity contribution in [1.29, 1.82) is 0 Å². The zero-order chi connectivity index (χ0) is 20.1. The first-order valence-corrected chi connectivity index (χ1v) is 9.36. The van der Waals surface area contributed by atoms with E-state index >= 15 is 0 Å². The van der Waals surface area contributed by atoms with Crippen molar-refractivity contribution < 1.29 is 9.21 Å². The van der Waals surface area contributed by atoms with Crippen LogP contribution < -0.4 is 10.6 Å². The number of nitrogens with zero attached hydrogens (tertiary/aromatic N) is 1. The zero-order valence-electron chi connectivity index (χ0n) is 14.7. The van der Waals surface area contributed by atoms with Gasteiger partial charge in [0.25, 0.3) is 0 Å². The molecule has 0 saturated carbocycles. The van der Waals surface area contributed by atoms with Crippen LogP contribution in [-0.4, -0.2) is 16.0 Å². The molecular formula is C20H15Cl2N3O2S. The average molecular weight is 432 g/mol. The van der Waals surface area contributed by atoms with Crippen LogP contribution in [0.2, 0.25) is 10.2 Å². The van der Waals surface area contributed by atoms with Crippen molar-refractivity contribution in [2.24, 2.45) is 0 Å². The SMILES string of the molecule is Cc1ccc(-c2ccc(/C=C/C(=O)NC(=S)Nc3cccnc3Cl)o2)cc1Cl. The van der Waals surface area contributed by atoms with Gasteiger partial charge in [-0.05, 0) is 61.1 Å². The molecule has 0 saturated heterocycles. The van der Waals surface area contributed by atoms with Crippen LogP contribution in [0, 0.1) is 6.92 Å². The number of furan rings is 1. The van der Waals surface area contributed by atoms with E-state index in [-0.39, 0.29) is 10.3 Å². The minimum Gasteiger partial charge on any atom is -0.457 e. The number of benzene rings is 1. The third-order valence-corrected chi connectivity index (χ3v) is 4.64. The number of hydrogen-bond donors (Lipinski definition) is 2. The summed E-state index contributed by atoms with van der Waals surface area (Å²) in [5, 5.41) is 6.37. The lowest BCUT2D eigenvalue weighted by molar-refractivity contribution is -0.115. The smallest absolute Gasteiger partial charge is 0.250 e. The molecule has 2 heterocycles. The summed E-state index contributed by atoms with van der Waals surface area (Å²) in [5.41, 5.74) is 2.36. The fourth-order valence-corrected chi connectivity index (χ4v) is 2.85.